The number of hydrogen-bond acceptors (Lipinski definition) is 3. The van der Waals surface area contributed by atoms with E-state index >= 15 is 0 Å². The molecule has 0 unspecified atom stereocenters. The average Bonchev–Trinajstić information content (AvgIpc) is 3.25. The Bertz CT molecular complexity index is 617. The number of likely N-dealkylation sites (N-methyl/N-ethyl adjacent to an activating group) is 1. The molecular formula is C17H22N4O. The first-order valence-electron chi connectivity index (χ1n) is 7.78. The molecule has 1 fully saturated rings. The first-order valence-corrected chi connectivity index (χ1v) is 7.78. The fourth-order valence-electron chi connectivity index (χ4n) is 2.90. The zero-order chi connectivity index (χ0) is 15.4. The monoisotopic (exact) mass is 298 g/mol. The molecule has 1 aromatic carbocycles. The first kappa shape index (κ1) is 14.8. The summed E-state index contributed by atoms with van der Waals surface area (Å²) in [5.74, 6) is 0.611. The third-order valence-electron chi connectivity index (χ3n) is 4.30. The van der Waals surface area contributed by atoms with Gasteiger partial charge in [-0.25, -0.2) is 0 Å². The van der Waals surface area contributed by atoms with Gasteiger partial charge in [0.2, 0.25) is 0 Å². The van der Waals surface area contributed by atoms with E-state index in [2.05, 4.69) is 21.6 Å². The summed E-state index contributed by atoms with van der Waals surface area (Å²) in [6.45, 7) is 2.76. The maximum absolute atomic E-state index is 12.6. The van der Waals surface area contributed by atoms with Crippen LogP contribution in [0.15, 0.2) is 36.7 Å². The molecule has 2 heterocycles. The van der Waals surface area contributed by atoms with E-state index in [1.165, 1.54) is 5.56 Å². The number of rotatable bonds is 5. The number of H-pyrrole nitrogens is 1. The summed E-state index contributed by atoms with van der Waals surface area (Å²) < 4.78 is 0. The zero-order valence-corrected chi connectivity index (χ0v) is 12.9. The van der Waals surface area contributed by atoms with Crippen molar-refractivity contribution in [2.24, 2.45) is 0 Å². The summed E-state index contributed by atoms with van der Waals surface area (Å²) in [5, 5.41) is 10.1. The quantitative estimate of drug-likeness (QED) is 0.885. The molecule has 116 valence electrons. The van der Waals surface area contributed by atoms with E-state index in [1.807, 2.05) is 31.4 Å². The Morgan fingerprint density at radius 2 is 2.36 bits per heavy atom. The molecule has 22 heavy (non-hydrogen) atoms. The lowest BCUT2D eigenvalue weighted by atomic mass is 9.96. The predicted octanol–water partition coefficient (Wildman–Crippen LogP) is 1.80. The molecule has 3 rings (SSSR count). The summed E-state index contributed by atoms with van der Waals surface area (Å²) in [6.07, 6.45) is 5.62. The number of carbonyl (C=O) groups is 1. The maximum atomic E-state index is 12.6. The van der Waals surface area contributed by atoms with Crippen LogP contribution in [0.4, 0.5) is 0 Å². The number of aromatic amines is 1. The fraction of sp³-hybridized carbons (Fsp3) is 0.412. The van der Waals surface area contributed by atoms with Crippen molar-refractivity contribution in [2.45, 2.75) is 18.8 Å². The van der Waals surface area contributed by atoms with Gasteiger partial charge >= 0.3 is 0 Å². The van der Waals surface area contributed by atoms with Crippen molar-refractivity contribution in [2.75, 3.05) is 26.7 Å². The van der Waals surface area contributed by atoms with E-state index in [0.29, 0.717) is 12.5 Å². The van der Waals surface area contributed by atoms with E-state index < -0.39 is 0 Å². The topological polar surface area (TPSA) is 61.0 Å². The number of nitrogens with zero attached hydrogens (tertiary/aromatic N) is 2. The van der Waals surface area contributed by atoms with E-state index in [0.717, 1.165) is 37.1 Å². The Labute approximate surface area is 130 Å². The first-order chi connectivity index (χ1) is 10.7. The van der Waals surface area contributed by atoms with Crippen LogP contribution in [0.2, 0.25) is 0 Å². The normalized spacial score (nSPS) is 17.6. The minimum atomic E-state index is 0.0799. The number of amides is 1. The molecule has 0 saturated carbocycles. The summed E-state index contributed by atoms with van der Waals surface area (Å²) in [5.41, 5.74) is 3.16. The van der Waals surface area contributed by atoms with Crippen LogP contribution in [0, 0.1) is 0 Å². The SMILES string of the molecule is CN(CCc1cn[nH]c1)C(=O)c1cccc([C@H]2CCNC2)c1. The Morgan fingerprint density at radius 3 is 3.09 bits per heavy atom. The standard InChI is InChI=1S/C17H22N4O/c1-21(8-6-13-10-19-20-11-13)17(22)15-4-2-3-14(9-15)16-5-7-18-12-16/h2-4,9-11,16,18H,5-8,12H2,1H3,(H,19,20)/t16-/m0/s1. The maximum Gasteiger partial charge on any atom is 0.253 e. The molecule has 1 amide bonds. The van der Waals surface area contributed by atoms with Crippen LogP contribution in [0.25, 0.3) is 0 Å². The minimum Gasteiger partial charge on any atom is -0.341 e. The van der Waals surface area contributed by atoms with Crippen LogP contribution in [0.3, 0.4) is 0 Å². The van der Waals surface area contributed by atoms with Crippen molar-refractivity contribution in [1.29, 1.82) is 0 Å². The molecule has 1 aromatic heterocycles. The molecule has 1 saturated heterocycles. The van der Waals surface area contributed by atoms with Crippen molar-refractivity contribution in [3.63, 3.8) is 0 Å². The zero-order valence-electron chi connectivity index (χ0n) is 12.9. The Balaban J connectivity index is 1.64. The van der Waals surface area contributed by atoms with E-state index in [-0.39, 0.29) is 5.91 Å². The second-order valence-corrected chi connectivity index (χ2v) is 5.90. The van der Waals surface area contributed by atoms with Gasteiger partial charge in [-0.2, -0.15) is 5.10 Å². The highest BCUT2D eigenvalue weighted by Crippen LogP contribution is 2.23. The van der Waals surface area contributed by atoms with E-state index in [1.54, 1.807) is 11.1 Å². The van der Waals surface area contributed by atoms with Gasteiger partial charge in [0, 0.05) is 31.9 Å². The van der Waals surface area contributed by atoms with Crippen molar-refractivity contribution >= 4 is 5.91 Å². The summed E-state index contributed by atoms with van der Waals surface area (Å²) in [4.78, 5) is 14.3. The number of aromatic nitrogens is 2. The molecule has 5 nitrogen and oxygen atoms in total. The van der Waals surface area contributed by atoms with Crippen LogP contribution < -0.4 is 5.32 Å². The number of benzene rings is 1. The molecule has 2 aromatic rings. The largest absolute Gasteiger partial charge is 0.341 e. The van der Waals surface area contributed by atoms with Gasteiger partial charge in [0.05, 0.1) is 6.20 Å². The summed E-state index contributed by atoms with van der Waals surface area (Å²) in [6, 6.07) is 8.07. The van der Waals surface area contributed by atoms with Gasteiger partial charge in [-0.1, -0.05) is 12.1 Å². The molecule has 1 aliphatic rings. The molecule has 5 heteroatoms. The van der Waals surface area contributed by atoms with Gasteiger partial charge in [-0.15, -0.1) is 0 Å². The van der Waals surface area contributed by atoms with Crippen LogP contribution in [-0.4, -0.2) is 47.7 Å². The predicted molar refractivity (Wildman–Crippen MR) is 85.9 cm³/mol. The van der Waals surface area contributed by atoms with Crippen LogP contribution in [-0.2, 0) is 6.42 Å². The van der Waals surface area contributed by atoms with E-state index in [9.17, 15) is 4.79 Å². The Morgan fingerprint density at radius 1 is 1.45 bits per heavy atom. The number of carbonyl (C=O) groups excluding carboxylic acids is 1. The van der Waals surface area contributed by atoms with Crippen molar-refractivity contribution < 1.29 is 4.79 Å². The molecular weight excluding hydrogens is 276 g/mol. The van der Waals surface area contributed by atoms with Gasteiger partial charge in [0.15, 0.2) is 0 Å². The van der Waals surface area contributed by atoms with Gasteiger partial charge < -0.3 is 10.2 Å². The third kappa shape index (κ3) is 3.36. The molecule has 0 radical (unpaired) electrons. The lowest BCUT2D eigenvalue weighted by Gasteiger charge is -2.18. The Kier molecular flexibility index (Phi) is 4.53. The van der Waals surface area contributed by atoms with Crippen molar-refractivity contribution in [3.8, 4) is 0 Å². The van der Waals surface area contributed by atoms with Gasteiger partial charge in [0.25, 0.3) is 5.91 Å². The number of hydrogen-bond donors (Lipinski definition) is 2. The molecule has 2 N–H and O–H groups in total. The molecule has 0 aliphatic carbocycles. The second-order valence-electron chi connectivity index (χ2n) is 5.90. The lowest BCUT2D eigenvalue weighted by molar-refractivity contribution is 0.0796. The fourth-order valence-corrected chi connectivity index (χ4v) is 2.90. The molecule has 1 atom stereocenters. The molecule has 0 bridgehead atoms. The van der Waals surface area contributed by atoms with E-state index in [4.69, 9.17) is 0 Å². The minimum absolute atomic E-state index is 0.0799. The molecule has 0 spiro atoms. The highest BCUT2D eigenvalue weighted by atomic mass is 16.2. The highest BCUT2D eigenvalue weighted by molar-refractivity contribution is 5.94. The van der Waals surface area contributed by atoms with Gasteiger partial charge in [-0.3, -0.25) is 9.89 Å². The number of nitrogens with one attached hydrogen (secondary N) is 2. The van der Waals surface area contributed by atoms with Crippen molar-refractivity contribution in [1.82, 2.24) is 20.4 Å². The summed E-state index contributed by atoms with van der Waals surface area (Å²) in [7, 11) is 1.85. The highest BCUT2D eigenvalue weighted by Gasteiger charge is 2.18. The third-order valence-corrected chi connectivity index (χ3v) is 4.30. The lowest BCUT2D eigenvalue weighted by Crippen LogP contribution is -2.28. The van der Waals surface area contributed by atoms with Crippen LogP contribution in [0.1, 0.15) is 33.8 Å². The van der Waals surface area contributed by atoms with Crippen LogP contribution in [0.5, 0.6) is 0 Å². The average molecular weight is 298 g/mol. The van der Waals surface area contributed by atoms with Gasteiger partial charge in [-0.05, 0) is 48.6 Å². The second kappa shape index (κ2) is 6.75. The van der Waals surface area contributed by atoms with Gasteiger partial charge in [0.1, 0.15) is 0 Å². The van der Waals surface area contributed by atoms with Crippen molar-refractivity contribution in [3.05, 3.63) is 53.3 Å². The smallest absolute Gasteiger partial charge is 0.253 e. The van der Waals surface area contributed by atoms with Crippen LogP contribution >= 0.6 is 0 Å². The summed E-state index contributed by atoms with van der Waals surface area (Å²) >= 11 is 0. The molecule has 1 aliphatic heterocycles. The Hall–Kier alpha value is -2.14.